The van der Waals surface area contributed by atoms with Crippen molar-refractivity contribution in [2.75, 3.05) is 0 Å². The van der Waals surface area contributed by atoms with Crippen LogP contribution in [0.5, 0.6) is 0 Å². The molecule has 0 radical (unpaired) electrons. The fourth-order valence-corrected chi connectivity index (χ4v) is 4.17. The van der Waals surface area contributed by atoms with Gasteiger partial charge in [-0.15, -0.1) is 0 Å². The highest BCUT2D eigenvalue weighted by Gasteiger charge is 2.28. The molecule has 25 heavy (non-hydrogen) atoms. The molecule has 1 aromatic heterocycles. The minimum atomic E-state index is -4.60. The number of hydrogen-bond acceptors (Lipinski definition) is 4. The predicted molar refractivity (Wildman–Crippen MR) is 98.0 cm³/mol. The molecule has 0 aliphatic carbocycles. The quantitative estimate of drug-likeness (QED) is 0.551. The first kappa shape index (κ1) is 17.6. The van der Waals surface area contributed by atoms with Gasteiger partial charge in [-0.25, -0.2) is 0 Å². The Labute approximate surface area is 146 Å². The molecule has 0 aliphatic heterocycles. The average molecular weight is 360 g/mol. The monoisotopic (exact) mass is 360 g/mol. The largest absolute Gasteiger partial charge is 0.455 e. The molecule has 0 saturated heterocycles. The highest BCUT2D eigenvalue weighted by molar-refractivity contribution is 7.86. The molecule has 3 rings (SSSR count). The Bertz CT molecular complexity index is 1140. The van der Waals surface area contributed by atoms with Gasteiger partial charge in [0.15, 0.2) is 0 Å². The van der Waals surface area contributed by atoms with E-state index in [1.54, 1.807) is 30.3 Å². The van der Waals surface area contributed by atoms with E-state index in [9.17, 15) is 17.8 Å². The summed E-state index contributed by atoms with van der Waals surface area (Å²) in [6.07, 6.45) is 0. The van der Waals surface area contributed by atoms with E-state index in [1.807, 2.05) is 27.7 Å². The molecule has 0 spiro atoms. The molecule has 1 N–H and O–H groups in total. The molecule has 0 fully saturated rings. The third-order valence-electron chi connectivity index (χ3n) is 4.36. The minimum absolute atomic E-state index is 0.0137. The summed E-state index contributed by atoms with van der Waals surface area (Å²) in [5.74, 6) is -0.176. The summed E-state index contributed by atoms with van der Waals surface area (Å²) in [6, 6.07) is 8.42. The molecule has 2 aromatic carbocycles. The Morgan fingerprint density at radius 3 is 2.16 bits per heavy atom. The third-order valence-corrected chi connectivity index (χ3v) is 5.32. The van der Waals surface area contributed by atoms with Gasteiger partial charge in [0.2, 0.25) is 5.43 Å². The second kappa shape index (κ2) is 5.97. The molecule has 0 atom stereocenters. The molecular weight excluding hydrogens is 340 g/mol. The van der Waals surface area contributed by atoms with Gasteiger partial charge in [0.1, 0.15) is 16.1 Å². The SMILES string of the molecule is CC(C)c1cc(C(C)C)c2oc3ccccc3c(=O)c2c1S(=O)(=O)O. The lowest BCUT2D eigenvalue weighted by molar-refractivity contribution is 0.482. The smallest absolute Gasteiger partial charge is 0.295 e. The molecule has 0 amide bonds. The van der Waals surface area contributed by atoms with Gasteiger partial charge < -0.3 is 4.42 Å². The van der Waals surface area contributed by atoms with Gasteiger partial charge >= 0.3 is 0 Å². The van der Waals surface area contributed by atoms with Gasteiger partial charge in [-0.05, 0) is 35.1 Å². The number of para-hydroxylation sites is 1. The molecule has 0 saturated carbocycles. The second-order valence-electron chi connectivity index (χ2n) is 6.80. The lowest BCUT2D eigenvalue weighted by Gasteiger charge is -2.18. The zero-order valence-electron chi connectivity index (χ0n) is 14.5. The van der Waals surface area contributed by atoms with Crippen LogP contribution in [0, 0.1) is 0 Å². The van der Waals surface area contributed by atoms with E-state index in [1.165, 1.54) is 0 Å². The van der Waals surface area contributed by atoms with Crippen molar-refractivity contribution in [3.05, 3.63) is 51.7 Å². The van der Waals surface area contributed by atoms with Gasteiger partial charge in [0.25, 0.3) is 10.1 Å². The Morgan fingerprint density at radius 2 is 1.60 bits per heavy atom. The number of benzene rings is 2. The second-order valence-corrected chi connectivity index (χ2v) is 8.16. The van der Waals surface area contributed by atoms with E-state index in [2.05, 4.69) is 0 Å². The Kier molecular flexibility index (Phi) is 4.21. The fraction of sp³-hybridized carbons (Fsp3) is 0.316. The van der Waals surface area contributed by atoms with Crippen LogP contribution in [0.2, 0.25) is 0 Å². The van der Waals surface area contributed by atoms with Crippen LogP contribution in [0.1, 0.15) is 50.7 Å². The van der Waals surface area contributed by atoms with Crippen molar-refractivity contribution in [2.24, 2.45) is 0 Å². The number of rotatable bonds is 3. The van der Waals surface area contributed by atoms with Crippen molar-refractivity contribution in [2.45, 2.75) is 44.4 Å². The van der Waals surface area contributed by atoms with Gasteiger partial charge in [-0.2, -0.15) is 8.42 Å². The summed E-state index contributed by atoms with van der Waals surface area (Å²) in [7, 11) is -4.60. The molecular formula is C19H20O5S. The Morgan fingerprint density at radius 1 is 1.00 bits per heavy atom. The fourth-order valence-electron chi connectivity index (χ4n) is 3.13. The normalized spacial score (nSPS) is 12.6. The van der Waals surface area contributed by atoms with E-state index < -0.39 is 15.5 Å². The van der Waals surface area contributed by atoms with Crippen LogP contribution in [0.25, 0.3) is 21.9 Å². The first-order valence-corrected chi connectivity index (χ1v) is 9.56. The van der Waals surface area contributed by atoms with Crippen LogP contribution in [0.15, 0.2) is 44.4 Å². The zero-order chi connectivity index (χ0) is 18.5. The van der Waals surface area contributed by atoms with Crippen LogP contribution < -0.4 is 5.43 Å². The van der Waals surface area contributed by atoms with Crippen molar-refractivity contribution in [3.8, 4) is 0 Å². The molecule has 0 unspecified atom stereocenters. The molecule has 5 nitrogen and oxygen atoms in total. The Balaban J connectivity index is 2.72. The maximum Gasteiger partial charge on any atom is 0.295 e. The maximum atomic E-state index is 13.1. The van der Waals surface area contributed by atoms with Crippen molar-refractivity contribution in [3.63, 3.8) is 0 Å². The van der Waals surface area contributed by atoms with Crippen LogP contribution in [0.4, 0.5) is 0 Å². The molecule has 0 aliphatic rings. The molecule has 1 heterocycles. The van der Waals surface area contributed by atoms with Gasteiger partial charge in [0, 0.05) is 0 Å². The van der Waals surface area contributed by atoms with E-state index in [0.717, 1.165) is 5.56 Å². The topological polar surface area (TPSA) is 84.6 Å². The van der Waals surface area contributed by atoms with Crippen molar-refractivity contribution in [1.82, 2.24) is 0 Å². The van der Waals surface area contributed by atoms with E-state index in [-0.39, 0.29) is 33.1 Å². The van der Waals surface area contributed by atoms with Crippen molar-refractivity contribution >= 4 is 32.1 Å². The first-order valence-electron chi connectivity index (χ1n) is 8.12. The van der Waals surface area contributed by atoms with Crippen molar-refractivity contribution < 1.29 is 17.4 Å². The molecule has 0 bridgehead atoms. The number of hydrogen-bond donors (Lipinski definition) is 1. The van der Waals surface area contributed by atoms with Crippen LogP contribution in [-0.2, 0) is 10.1 Å². The maximum absolute atomic E-state index is 13.1. The van der Waals surface area contributed by atoms with Gasteiger partial charge in [0.05, 0.1) is 10.8 Å². The van der Waals surface area contributed by atoms with Gasteiger partial charge in [-0.3, -0.25) is 9.35 Å². The highest BCUT2D eigenvalue weighted by Crippen LogP contribution is 2.36. The summed E-state index contributed by atoms with van der Waals surface area (Å²) in [5, 5.41) is 0.214. The Hall–Kier alpha value is -2.18. The highest BCUT2D eigenvalue weighted by atomic mass is 32.2. The minimum Gasteiger partial charge on any atom is -0.455 e. The summed E-state index contributed by atoms with van der Waals surface area (Å²) >= 11 is 0. The predicted octanol–water partition coefficient (Wildman–Crippen LogP) is 4.44. The van der Waals surface area contributed by atoms with Crippen LogP contribution in [0.3, 0.4) is 0 Å². The van der Waals surface area contributed by atoms with Gasteiger partial charge in [-0.1, -0.05) is 45.9 Å². The summed E-state index contributed by atoms with van der Waals surface area (Å²) < 4.78 is 40.0. The summed E-state index contributed by atoms with van der Waals surface area (Å²) in [4.78, 5) is 12.7. The van der Waals surface area contributed by atoms with E-state index >= 15 is 0 Å². The molecule has 6 heteroatoms. The summed E-state index contributed by atoms with van der Waals surface area (Å²) in [5.41, 5.74) is 1.32. The lowest BCUT2D eigenvalue weighted by atomic mass is 9.92. The van der Waals surface area contributed by atoms with E-state index in [4.69, 9.17) is 4.42 Å². The van der Waals surface area contributed by atoms with E-state index in [0.29, 0.717) is 11.1 Å². The average Bonchev–Trinajstić information content (AvgIpc) is 2.52. The third kappa shape index (κ3) is 2.85. The van der Waals surface area contributed by atoms with Crippen molar-refractivity contribution in [1.29, 1.82) is 0 Å². The summed E-state index contributed by atoms with van der Waals surface area (Å²) in [6.45, 7) is 7.54. The standard InChI is InChI=1S/C19H20O5S/c1-10(2)13-9-14(11(3)4)19(25(21,22)23)16-17(20)12-7-5-6-8-15(12)24-18(13)16/h5-11H,1-4H3,(H,21,22,23). The molecule has 3 aromatic rings. The lowest BCUT2D eigenvalue weighted by Crippen LogP contribution is -2.14. The zero-order valence-corrected chi connectivity index (χ0v) is 15.3. The first-order chi connectivity index (χ1) is 11.6. The molecule has 132 valence electrons. The number of fused-ring (bicyclic) bond motifs is 2. The van der Waals surface area contributed by atoms with Crippen LogP contribution >= 0.6 is 0 Å². The van der Waals surface area contributed by atoms with Crippen LogP contribution in [-0.4, -0.2) is 13.0 Å².